The molecule has 2 saturated carbocycles. The summed E-state index contributed by atoms with van der Waals surface area (Å²) in [4.78, 5) is 30.8. The molecule has 2 amide bonds. The fraction of sp³-hybridized carbons (Fsp3) is 0.650. The van der Waals surface area contributed by atoms with Crippen molar-refractivity contribution in [1.29, 1.82) is 0 Å². The maximum Gasteiger partial charge on any atom is 0.225 e. The standard InChI is InChI=1S/C20H29N5O2/c21-17-14-4-3-13(10-14)16(17)20(27)24-11-15-2-1-7-23-19(15)25-8-5-12(6-9-25)18(22)26/h1-2,7,12-14,16-17H,3-6,8-11,21H2,(H2,22,26)(H,24,27). The number of fused-ring (bicyclic) bond motifs is 2. The fourth-order valence-corrected chi connectivity index (χ4v) is 5.25. The first kappa shape index (κ1) is 18.2. The second-order valence-electron chi connectivity index (χ2n) is 8.30. The monoisotopic (exact) mass is 371 g/mol. The number of carbonyl (C=O) groups is 2. The maximum absolute atomic E-state index is 12.7. The number of piperidine rings is 1. The summed E-state index contributed by atoms with van der Waals surface area (Å²) >= 11 is 0. The third-order valence-electron chi connectivity index (χ3n) is 6.80. The van der Waals surface area contributed by atoms with Crippen molar-refractivity contribution in [3.05, 3.63) is 23.9 Å². The van der Waals surface area contributed by atoms with E-state index in [1.165, 1.54) is 6.42 Å². The minimum Gasteiger partial charge on any atom is -0.369 e. The minimum absolute atomic E-state index is 0.00458. The van der Waals surface area contributed by atoms with Gasteiger partial charge in [0.15, 0.2) is 0 Å². The fourth-order valence-electron chi connectivity index (χ4n) is 5.25. The number of nitrogens with one attached hydrogen (secondary N) is 1. The molecular weight excluding hydrogens is 342 g/mol. The summed E-state index contributed by atoms with van der Waals surface area (Å²) in [5.41, 5.74) is 12.7. The molecule has 7 heteroatoms. The van der Waals surface area contributed by atoms with E-state index in [0.29, 0.717) is 18.4 Å². The van der Waals surface area contributed by atoms with Gasteiger partial charge in [0.1, 0.15) is 5.82 Å². The van der Waals surface area contributed by atoms with Gasteiger partial charge in [-0.25, -0.2) is 4.98 Å². The number of hydrogen-bond acceptors (Lipinski definition) is 5. The molecule has 3 aliphatic rings. The van der Waals surface area contributed by atoms with Gasteiger partial charge in [-0.1, -0.05) is 6.07 Å². The number of amides is 2. The van der Waals surface area contributed by atoms with Crippen LogP contribution in [0.5, 0.6) is 0 Å². The number of rotatable bonds is 5. The van der Waals surface area contributed by atoms with Crippen molar-refractivity contribution >= 4 is 17.6 Å². The van der Waals surface area contributed by atoms with Crippen molar-refractivity contribution < 1.29 is 9.59 Å². The number of nitrogens with zero attached hydrogens (tertiary/aromatic N) is 2. The molecule has 2 bridgehead atoms. The zero-order valence-corrected chi connectivity index (χ0v) is 15.6. The van der Waals surface area contributed by atoms with E-state index in [9.17, 15) is 9.59 Å². The van der Waals surface area contributed by atoms with E-state index in [1.54, 1.807) is 6.20 Å². The Morgan fingerprint density at radius 1 is 1.19 bits per heavy atom. The van der Waals surface area contributed by atoms with E-state index in [-0.39, 0.29) is 29.7 Å². The van der Waals surface area contributed by atoms with Crippen molar-refractivity contribution in [2.45, 2.75) is 44.7 Å². The van der Waals surface area contributed by atoms with E-state index in [2.05, 4.69) is 15.2 Å². The Morgan fingerprint density at radius 3 is 2.59 bits per heavy atom. The zero-order valence-electron chi connectivity index (χ0n) is 15.6. The molecule has 1 aromatic rings. The van der Waals surface area contributed by atoms with Gasteiger partial charge in [0, 0.05) is 43.4 Å². The van der Waals surface area contributed by atoms with Gasteiger partial charge in [0.05, 0.1) is 5.92 Å². The van der Waals surface area contributed by atoms with Crippen LogP contribution in [0, 0.1) is 23.7 Å². The quantitative estimate of drug-likeness (QED) is 0.707. The maximum atomic E-state index is 12.7. The number of aromatic nitrogens is 1. The predicted octanol–water partition coefficient (Wildman–Crippen LogP) is 0.773. The molecule has 7 nitrogen and oxygen atoms in total. The highest BCUT2D eigenvalue weighted by molar-refractivity contribution is 5.80. The number of primary amides is 1. The Labute approximate surface area is 159 Å². The van der Waals surface area contributed by atoms with Gasteiger partial charge < -0.3 is 21.7 Å². The van der Waals surface area contributed by atoms with E-state index < -0.39 is 0 Å². The highest BCUT2D eigenvalue weighted by atomic mass is 16.2. The first-order chi connectivity index (χ1) is 13.0. The topological polar surface area (TPSA) is 114 Å². The van der Waals surface area contributed by atoms with Crippen molar-refractivity contribution in [3.8, 4) is 0 Å². The molecule has 146 valence electrons. The zero-order chi connectivity index (χ0) is 19.0. The molecule has 3 fully saturated rings. The number of carbonyl (C=O) groups excluding carboxylic acids is 2. The SMILES string of the molecule is NC(=O)C1CCN(c2ncccc2CNC(=O)C2C3CCC(C3)C2N)CC1. The van der Waals surface area contributed by atoms with Crippen molar-refractivity contribution in [2.24, 2.45) is 35.1 Å². The largest absolute Gasteiger partial charge is 0.369 e. The van der Waals surface area contributed by atoms with Crippen LogP contribution in [0.1, 0.15) is 37.7 Å². The Kier molecular flexibility index (Phi) is 5.04. The lowest BCUT2D eigenvalue weighted by Crippen LogP contribution is -2.45. The molecule has 2 aliphatic carbocycles. The molecule has 1 aliphatic heterocycles. The molecule has 5 N–H and O–H groups in total. The lowest BCUT2D eigenvalue weighted by molar-refractivity contribution is -0.127. The van der Waals surface area contributed by atoms with Crippen LogP contribution in [0.4, 0.5) is 5.82 Å². The normalized spacial score (nSPS) is 30.5. The molecule has 4 rings (SSSR count). The minimum atomic E-state index is -0.217. The Hall–Kier alpha value is -2.15. The van der Waals surface area contributed by atoms with Crippen molar-refractivity contribution in [1.82, 2.24) is 10.3 Å². The van der Waals surface area contributed by atoms with Crippen LogP contribution < -0.4 is 21.7 Å². The van der Waals surface area contributed by atoms with Crippen LogP contribution in [-0.2, 0) is 16.1 Å². The Morgan fingerprint density at radius 2 is 1.93 bits per heavy atom. The average Bonchev–Trinajstić information content (AvgIpc) is 3.28. The Balaban J connectivity index is 1.39. The number of pyridine rings is 1. The molecule has 27 heavy (non-hydrogen) atoms. The molecule has 4 unspecified atom stereocenters. The Bertz CT molecular complexity index is 714. The third kappa shape index (κ3) is 3.52. The molecule has 0 spiro atoms. The van der Waals surface area contributed by atoms with Crippen molar-refractivity contribution in [2.75, 3.05) is 18.0 Å². The van der Waals surface area contributed by atoms with Gasteiger partial charge in [-0.3, -0.25) is 9.59 Å². The van der Waals surface area contributed by atoms with Crippen LogP contribution in [0.15, 0.2) is 18.3 Å². The van der Waals surface area contributed by atoms with Gasteiger partial charge in [0.2, 0.25) is 11.8 Å². The van der Waals surface area contributed by atoms with Crippen LogP contribution in [-0.4, -0.2) is 35.9 Å². The first-order valence-corrected chi connectivity index (χ1v) is 10.1. The second kappa shape index (κ2) is 7.46. The van der Waals surface area contributed by atoms with Crippen LogP contribution in [0.2, 0.25) is 0 Å². The van der Waals surface area contributed by atoms with Gasteiger partial charge in [0.25, 0.3) is 0 Å². The summed E-state index contributed by atoms with van der Waals surface area (Å²) in [7, 11) is 0. The van der Waals surface area contributed by atoms with Gasteiger partial charge in [-0.15, -0.1) is 0 Å². The van der Waals surface area contributed by atoms with E-state index in [0.717, 1.165) is 50.2 Å². The number of anilines is 1. The molecule has 1 saturated heterocycles. The number of hydrogen-bond donors (Lipinski definition) is 3. The summed E-state index contributed by atoms with van der Waals surface area (Å²) in [6.45, 7) is 1.96. The third-order valence-corrected chi connectivity index (χ3v) is 6.80. The lowest BCUT2D eigenvalue weighted by atomic mass is 9.84. The van der Waals surface area contributed by atoms with Gasteiger partial charge in [-0.2, -0.15) is 0 Å². The van der Waals surface area contributed by atoms with Gasteiger partial charge >= 0.3 is 0 Å². The average molecular weight is 371 g/mol. The summed E-state index contributed by atoms with van der Waals surface area (Å²) in [5.74, 6) is 1.63. The summed E-state index contributed by atoms with van der Waals surface area (Å²) in [5, 5.41) is 3.10. The summed E-state index contributed by atoms with van der Waals surface area (Å²) in [6.07, 6.45) is 6.67. The predicted molar refractivity (Wildman–Crippen MR) is 103 cm³/mol. The van der Waals surface area contributed by atoms with Crippen molar-refractivity contribution in [3.63, 3.8) is 0 Å². The lowest BCUT2D eigenvalue weighted by Gasteiger charge is -2.33. The first-order valence-electron chi connectivity index (χ1n) is 10.1. The summed E-state index contributed by atoms with van der Waals surface area (Å²) < 4.78 is 0. The second-order valence-corrected chi connectivity index (χ2v) is 8.30. The van der Waals surface area contributed by atoms with E-state index in [4.69, 9.17) is 11.5 Å². The van der Waals surface area contributed by atoms with Crippen LogP contribution >= 0.6 is 0 Å². The smallest absolute Gasteiger partial charge is 0.225 e. The number of nitrogens with two attached hydrogens (primary N) is 2. The van der Waals surface area contributed by atoms with Crippen LogP contribution in [0.3, 0.4) is 0 Å². The molecule has 1 aromatic heterocycles. The molecule has 0 aromatic carbocycles. The highest BCUT2D eigenvalue weighted by Gasteiger charge is 2.48. The van der Waals surface area contributed by atoms with Gasteiger partial charge in [-0.05, 0) is 50.0 Å². The molecule has 4 atom stereocenters. The molecule has 0 radical (unpaired) electrons. The van der Waals surface area contributed by atoms with Crippen LogP contribution in [0.25, 0.3) is 0 Å². The van der Waals surface area contributed by atoms with E-state index in [1.807, 2.05) is 12.1 Å². The molecule has 2 heterocycles. The van der Waals surface area contributed by atoms with E-state index >= 15 is 0 Å². The highest BCUT2D eigenvalue weighted by Crippen LogP contribution is 2.47. The molecular formula is C20H29N5O2. The summed E-state index contributed by atoms with van der Waals surface area (Å²) in [6, 6.07) is 3.90.